The zero-order chi connectivity index (χ0) is 13.1. The minimum atomic E-state index is -0.0477. The van der Waals surface area contributed by atoms with E-state index in [-0.39, 0.29) is 6.04 Å². The van der Waals surface area contributed by atoms with Crippen LogP contribution in [-0.4, -0.2) is 5.16 Å². The maximum atomic E-state index is 6.12. The minimum Gasteiger partial charge on any atom is -0.484 e. The number of ether oxygens (including phenoxy) is 1. The fourth-order valence-electron chi connectivity index (χ4n) is 1.55. The number of nitrogens with two attached hydrogens (primary N) is 1. The molecule has 0 aliphatic heterocycles. The monoisotopic (exact) mass is 266 g/mol. The number of benzene rings is 1. The Balaban J connectivity index is 2.05. The molecule has 1 atom stereocenters. The summed E-state index contributed by atoms with van der Waals surface area (Å²) in [7, 11) is 0. The molecule has 0 saturated carbocycles. The van der Waals surface area contributed by atoms with Crippen molar-refractivity contribution in [3.63, 3.8) is 0 Å². The molecule has 5 heteroatoms. The third kappa shape index (κ3) is 3.03. The molecule has 1 aromatic heterocycles. The number of aryl methyl sites for hydroxylation is 1. The van der Waals surface area contributed by atoms with E-state index in [4.69, 9.17) is 26.6 Å². The van der Waals surface area contributed by atoms with Crippen LogP contribution in [0.5, 0.6) is 5.75 Å². The molecule has 18 heavy (non-hydrogen) atoms. The lowest BCUT2D eigenvalue weighted by molar-refractivity contribution is 0.249. The van der Waals surface area contributed by atoms with Gasteiger partial charge in [0.1, 0.15) is 12.4 Å². The Kier molecular flexibility index (Phi) is 3.89. The first-order valence-corrected chi connectivity index (χ1v) is 6.04. The molecule has 1 aromatic carbocycles. The molecule has 0 saturated heterocycles. The Morgan fingerprint density at radius 3 is 2.78 bits per heavy atom. The molecule has 1 heterocycles. The summed E-state index contributed by atoms with van der Waals surface area (Å²) in [6.45, 7) is 4.07. The van der Waals surface area contributed by atoms with Crippen molar-refractivity contribution in [2.75, 3.05) is 0 Å². The zero-order valence-electron chi connectivity index (χ0n) is 10.3. The number of halogens is 1. The number of hydrogen-bond acceptors (Lipinski definition) is 4. The van der Waals surface area contributed by atoms with Gasteiger partial charge in [-0.1, -0.05) is 22.8 Å². The van der Waals surface area contributed by atoms with E-state index < -0.39 is 0 Å². The van der Waals surface area contributed by atoms with E-state index in [2.05, 4.69) is 5.16 Å². The summed E-state index contributed by atoms with van der Waals surface area (Å²) < 4.78 is 10.6. The molecule has 2 rings (SSSR count). The van der Waals surface area contributed by atoms with Crippen LogP contribution in [0.2, 0.25) is 5.02 Å². The second-order valence-corrected chi connectivity index (χ2v) is 4.61. The maximum Gasteiger partial charge on any atom is 0.174 e. The van der Waals surface area contributed by atoms with Crippen LogP contribution >= 0.6 is 11.6 Å². The second kappa shape index (κ2) is 5.42. The van der Waals surface area contributed by atoms with Crippen molar-refractivity contribution in [1.82, 2.24) is 5.16 Å². The molecule has 96 valence electrons. The van der Waals surface area contributed by atoms with Gasteiger partial charge in [0.25, 0.3) is 0 Å². The summed E-state index contributed by atoms with van der Waals surface area (Å²) >= 11 is 6.12. The van der Waals surface area contributed by atoms with Crippen molar-refractivity contribution in [1.29, 1.82) is 0 Å². The zero-order valence-corrected chi connectivity index (χ0v) is 11.1. The van der Waals surface area contributed by atoms with Gasteiger partial charge in [0.05, 0.1) is 10.7 Å². The molecule has 0 aliphatic rings. The molecule has 4 nitrogen and oxygen atoms in total. The van der Waals surface area contributed by atoms with E-state index >= 15 is 0 Å². The minimum absolute atomic E-state index is 0.0477. The van der Waals surface area contributed by atoms with Crippen molar-refractivity contribution in [3.05, 3.63) is 46.3 Å². The highest BCUT2D eigenvalue weighted by Gasteiger charge is 2.07. The van der Waals surface area contributed by atoms with Gasteiger partial charge in [0.15, 0.2) is 5.76 Å². The van der Waals surface area contributed by atoms with Gasteiger partial charge in [-0.15, -0.1) is 0 Å². The Labute approximate surface area is 111 Å². The maximum absolute atomic E-state index is 6.12. The van der Waals surface area contributed by atoms with E-state index in [0.717, 1.165) is 11.3 Å². The summed E-state index contributed by atoms with van der Waals surface area (Å²) in [6.07, 6.45) is 0. The Morgan fingerprint density at radius 1 is 1.44 bits per heavy atom. The summed E-state index contributed by atoms with van der Waals surface area (Å²) in [5.41, 5.74) is 7.58. The van der Waals surface area contributed by atoms with Gasteiger partial charge in [-0.05, 0) is 31.5 Å². The number of hydrogen-bond donors (Lipinski definition) is 1. The number of aromatic nitrogens is 1. The van der Waals surface area contributed by atoms with Crippen molar-refractivity contribution >= 4 is 11.6 Å². The highest BCUT2D eigenvalue weighted by molar-refractivity contribution is 6.32. The van der Waals surface area contributed by atoms with Crippen LogP contribution in [0.15, 0.2) is 28.8 Å². The van der Waals surface area contributed by atoms with Crippen LogP contribution in [0.3, 0.4) is 0 Å². The lowest BCUT2D eigenvalue weighted by atomic mass is 10.1. The average Bonchev–Trinajstić information content (AvgIpc) is 2.73. The molecule has 0 aliphatic carbocycles. The predicted octanol–water partition coefficient (Wildman–Crippen LogP) is 3.24. The third-order valence-corrected chi connectivity index (χ3v) is 2.82. The molecule has 0 amide bonds. The van der Waals surface area contributed by atoms with Gasteiger partial charge in [0, 0.05) is 12.1 Å². The van der Waals surface area contributed by atoms with Crippen molar-refractivity contribution in [2.24, 2.45) is 5.73 Å². The van der Waals surface area contributed by atoms with Crippen molar-refractivity contribution in [3.8, 4) is 5.75 Å². The van der Waals surface area contributed by atoms with E-state index in [1.807, 2.05) is 38.1 Å². The summed E-state index contributed by atoms with van der Waals surface area (Å²) in [5, 5.41) is 4.33. The topological polar surface area (TPSA) is 61.3 Å². The van der Waals surface area contributed by atoms with Crippen LogP contribution in [0.1, 0.15) is 30.0 Å². The standard InChI is InChI=1S/C13H15ClN2O2/c1-8-5-11(18-16-8)7-17-13-4-3-10(9(2)15)6-12(13)14/h3-6,9H,7,15H2,1-2H3. The summed E-state index contributed by atoms with van der Waals surface area (Å²) in [6, 6.07) is 7.30. The van der Waals surface area contributed by atoms with E-state index in [1.165, 1.54) is 0 Å². The molecule has 0 bridgehead atoms. The quantitative estimate of drug-likeness (QED) is 0.923. The van der Waals surface area contributed by atoms with Crippen molar-refractivity contribution in [2.45, 2.75) is 26.5 Å². The fourth-order valence-corrected chi connectivity index (χ4v) is 1.79. The van der Waals surface area contributed by atoms with Crippen LogP contribution < -0.4 is 10.5 Å². The lowest BCUT2D eigenvalue weighted by Gasteiger charge is -2.10. The molecule has 1 unspecified atom stereocenters. The first kappa shape index (κ1) is 12.9. The first-order chi connectivity index (χ1) is 8.56. The van der Waals surface area contributed by atoms with Crippen LogP contribution in [0, 0.1) is 6.92 Å². The first-order valence-electron chi connectivity index (χ1n) is 5.66. The van der Waals surface area contributed by atoms with E-state index in [1.54, 1.807) is 0 Å². The SMILES string of the molecule is Cc1cc(COc2ccc(C(C)N)cc2Cl)on1. The smallest absolute Gasteiger partial charge is 0.174 e. The highest BCUT2D eigenvalue weighted by atomic mass is 35.5. The molecule has 0 spiro atoms. The highest BCUT2D eigenvalue weighted by Crippen LogP contribution is 2.28. The van der Waals surface area contributed by atoms with Gasteiger partial charge < -0.3 is 15.0 Å². The Bertz CT molecular complexity index is 538. The molecule has 2 aromatic rings. The van der Waals surface area contributed by atoms with Crippen LogP contribution in [0.25, 0.3) is 0 Å². The number of nitrogens with zero attached hydrogens (tertiary/aromatic N) is 1. The van der Waals surface area contributed by atoms with Gasteiger partial charge in [-0.2, -0.15) is 0 Å². The second-order valence-electron chi connectivity index (χ2n) is 4.20. The molecule has 0 fully saturated rings. The Morgan fingerprint density at radius 2 is 2.22 bits per heavy atom. The number of rotatable bonds is 4. The van der Waals surface area contributed by atoms with Crippen LogP contribution in [-0.2, 0) is 6.61 Å². The molecular weight excluding hydrogens is 252 g/mol. The fraction of sp³-hybridized carbons (Fsp3) is 0.308. The normalized spacial score (nSPS) is 12.4. The summed E-state index contributed by atoms with van der Waals surface area (Å²) in [4.78, 5) is 0. The van der Waals surface area contributed by atoms with Gasteiger partial charge in [-0.3, -0.25) is 0 Å². The summed E-state index contributed by atoms with van der Waals surface area (Å²) in [5.74, 6) is 1.27. The van der Waals surface area contributed by atoms with Gasteiger partial charge in [0.2, 0.25) is 0 Å². The average molecular weight is 267 g/mol. The van der Waals surface area contributed by atoms with Gasteiger partial charge in [-0.25, -0.2) is 0 Å². The lowest BCUT2D eigenvalue weighted by Crippen LogP contribution is -2.05. The molecule has 0 radical (unpaired) electrons. The predicted molar refractivity (Wildman–Crippen MR) is 69.6 cm³/mol. The molecular formula is C13H15ClN2O2. The molecule has 2 N–H and O–H groups in total. The van der Waals surface area contributed by atoms with Crippen molar-refractivity contribution < 1.29 is 9.26 Å². The largest absolute Gasteiger partial charge is 0.484 e. The Hall–Kier alpha value is -1.52. The van der Waals surface area contributed by atoms with Gasteiger partial charge >= 0.3 is 0 Å². The van der Waals surface area contributed by atoms with E-state index in [9.17, 15) is 0 Å². The third-order valence-electron chi connectivity index (χ3n) is 2.53. The van der Waals surface area contributed by atoms with Crippen LogP contribution in [0.4, 0.5) is 0 Å². The van der Waals surface area contributed by atoms with E-state index in [0.29, 0.717) is 23.1 Å².